The minimum atomic E-state index is -0.422. The molecule has 0 bridgehead atoms. The van der Waals surface area contributed by atoms with Gasteiger partial charge in [-0.2, -0.15) is 0 Å². The summed E-state index contributed by atoms with van der Waals surface area (Å²) >= 11 is 0. The Morgan fingerprint density at radius 3 is 2.76 bits per heavy atom. The molecule has 6 heteroatoms. The average Bonchev–Trinajstić information content (AvgIpc) is 3.31. The molecule has 4 rings (SSSR count). The molecular formula is C23H28N4O2. The zero-order valence-corrected chi connectivity index (χ0v) is 17.3. The van der Waals surface area contributed by atoms with Crippen molar-refractivity contribution in [2.45, 2.75) is 25.4 Å². The van der Waals surface area contributed by atoms with E-state index in [1.807, 2.05) is 33.4 Å². The standard InChI is InChI=1S/C23H28N4O2/c1-26(2)10-11-27(3)19-13-18(22-16(8-9-25-22)21(19)23(24)29)15-5-4-14-6-7-20(28)17(14)12-15/h4-5,9,12-13,20,28H,6-8,10-11H2,1-3H3,(H2,24,29). The highest BCUT2D eigenvalue weighted by Gasteiger charge is 2.27. The highest BCUT2D eigenvalue weighted by atomic mass is 16.3. The lowest BCUT2D eigenvalue weighted by Crippen LogP contribution is -2.30. The Morgan fingerprint density at radius 1 is 1.24 bits per heavy atom. The molecule has 1 aliphatic carbocycles. The lowest BCUT2D eigenvalue weighted by molar-refractivity contribution is 0.1000. The predicted molar refractivity (Wildman–Crippen MR) is 117 cm³/mol. The molecule has 0 radical (unpaired) electrons. The molecular weight excluding hydrogens is 364 g/mol. The molecule has 0 aromatic heterocycles. The smallest absolute Gasteiger partial charge is 0.251 e. The zero-order valence-electron chi connectivity index (χ0n) is 17.3. The van der Waals surface area contributed by atoms with Gasteiger partial charge in [-0.25, -0.2) is 0 Å². The van der Waals surface area contributed by atoms with E-state index in [4.69, 9.17) is 5.73 Å². The van der Waals surface area contributed by atoms with E-state index in [9.17, 15) is 9.90 Å². The highest BCUT2D eigenvalue weighted by Crippen LogP contribution is 2.44. The number of aliphatic imine (C=N–C) groups is 1. The first-order valence-corrected chi connectivity index (χ1v) is 10.1. The number of aliphatic hydroxyl groups excluding tert-OH is 1. The number of nitrogens with zero attached hydrogens (tertiary/aromatic N) is 3. The first-order chi connectivity index (χ1) is 13.9. The van der Waals surface area contributed by atoms with Crippen LogP contribution < -0.4 is 10.6 Å². The van der Waals surface area contributed by atoms with Crippen LogP contribution in [0.3, 0.4) is 0 Å². The molecule has 29 heavy (non-hydrogen) atoms. The Labute approximate surface area is 171 Å². The minimum Gasteiger partial charge on any atom is -0.388 e. The van der Waals surface area contributed by atoms with Crippen molar-refractivity contribution in [3.63, 3.8) is 0 Å². The number of nitrogens with two attached hydrogens (primary N) is 1. The Hall–Kier alpha value is -2.70. The number of fused-ring (bicyclic) bond motifs is 2. The van der Waals surface area contributed by atoms with Crippen molar-refractivity contribution >= 4 is 23.5 Å². The summed E-state index contributed by atoms with van der Waals surface area (Å²) < 4.78 is 0. The normalized spacial score (nSPS) is 16.9. The predicted octanol–water partition coefficient (Wildman–Crippen LogP) is 2.69. The lowest BCUT2D eigenvalue weighted by Gasteiger charge is -2.26. The fourth-order valence-corrected chi connectivity index (χ4v) is 4.30. The second kappa shape index (κ2) is 7.61. The highest BCUT2D eigenvalue weighted by molar-refractivity contribution is 6.06. The summed E-state index contributed by atoms with van der Waals surface area (Å²) in [5.74, 6) is -0.422. The third-order valence-corrected chi connectivity index (χ3v) is 5.94. The maximum atomic E-state index is 12.4. The molecule has 152 valence electrons. The van der Waals surface area contributed by atoms with Gasteiger partial charge in [0.15, 0.2) is 0 Å². The number of hydrogen-bond donors (Lipinski definition) is 2. The van der Waals surface area contributed by atoms with Crippen molar-refractivity contribution in [2.24, 2.45) is 10.7 Å². The minimum absolute atomic E-state index is 0.409. The van der Waals surface area contributed by atoms with Crippen LogP contribution in [0.1, 0.15) is 39.6 Å². The van der Waals surface area contributed by atoms with Gasteiger partial charge in [-0.3, -0.25) is 9.79 Å². The zero-order chi connectivity index (χ0) is 20.7. The van der Waals surface area contributed by atoms with Crippen LogP contribution in [0.15, 0.2) is 29.3 Å². The van der Waals surface area contributed by atoms with Crippen LogP contribution in [-0.4, -0.2) is 56.4 Å². The van der Waals surface area contributed by atoms with Crippen molar-refractivity contribution in [1.29, 1.82) is 0 Å². The second-order valence-electron chi connectivity index (χ2n) is 8.22. The van der Waals surface area contributed by atoms with Crippen LogP contribution in [0.4, 0.5) is 11.4 Å². The van der Waals surface area contributed by atoms with Crippen molar-refractivity contribution in [3.8, 4) is 11.1 Å². The Kier molecular flexibility index (Phi) is 5.15. The van der Waals surface area contributed by atoms with Gasteiger partial charge in [0.25, 0.3) is 5.91 Å². The van der Waals surface area contributed by atoms with Crippen LogP contribution in [0.5, 0.6) is 0 Å². The first kappa shape index (κ1) is 19.6. The van der Waals surface area contributed by atoms with Crippen LogP contribution in [0, 0.1) is 0 Å². The molecule has 0 saturated carbocycles. The van der Waals surface area contributed by atoms with Crippen LogP contribution in [-0.2, 0) is 12.8 Å². The topological polar surface area (TPSA) is 82.2 Å². The van der Waals surface area contributed by atoms with Gasteiger partial charge >= 0.3 is 0 Å². The van der Waals surface area contributed by atoms with Crippen LogP contribution in [0.25, 0.3) is 11.1 Å². The quantitative estimate of drug-likeness (QED) is 0.792. The van der Waals surface area contributed by atoms with Gasteiger partial charge in [0.1, 0.15) is 0 Å². The van der Waals surface area contributed by atoms with E-state index < -0.39 is 12.0 Å². The van der Waals surface area contributed by atoms with Crippen LogP contribution in [0.2, 0.25) is 0 Å². The molecule has 0 saturated heterocycles. The third-order valence-electron chi connectivity index (χ3n) is 5.94. The van der Waals surface area contributed by atoms with E-state index in [1.165, 1.54) is 5.56 Å². The number of carbonyl (C=O) groups excluding carboxylic acids is 1. The summed E-state index contributed by atoms with van der Waals surface area (Å²) in [5.41, 5.74) is 13.1. The van der Waals surface area contributed by atoms with Crippen molar-refractivity contribution in [1.82, 2.24) is 4.90 Å². The van der Waals surface area contributed by atoms with E-state index in [0.717, 1.165) is 59.6 Å². The maximum absolute atomic E-state index is 12.4. The van der Waals surface area contributed by atoms with Gasteiger partial charge in [0, 0.05) is 38.3 Å². The second-order valence-corrected chi connectivity index (χ2v) is 8.22. The fourth-order valence-electron chi connectivity index (χ4n) is 4.30. The summed E-state index contributed by atoms with van der Waals surface area (Å²) in [4.78, 5) is 21.1. The Bertz CT molecular complexity index is 997. The molecule has 1 unspecified atom stereocenters. The van der Waals surface area contributed by atoms with Crippen molar-refractivity contribution in [2.75, 3.05) is 39.1 Å². The first-order valence-electron chi connectivity index (χ1n) is 10.1. The molecule has 1 aliphatic heterocycles. The monoisotopic (exact) mass is 392 g/mol. The molecule has 3 N–H and O–H groups in total. The SMILES string of the molecule is CN(C)CCN(C)c1cc(-c2ccc3c(c2)C(O)CC3)c2c(c1C(N)=O)CC=N2. The largest absolute Gasteiger partial charge is 0.388 e. The summed E-state index contributed by atoms with van der Waals surface area (Å²) in [6.45, 7) is 1.64. The van der Waals surface area contributed by atoms with Crippen LogP contribution >= 0.6 is 0 Å². The summed E-state index contributed by atoms with van der Waals surface area (Å²) in [6, 6.07) is 8.29. The maximum Gasteiger partial charge on any atom is 0.251 e. The summed E-state index contributed by atoms with van der Waals surface area (Å²) in [7, 11) is 6.05. The molecule has 2 aliphatic rings. The lowest BCUT2D eigenvalue weighted by atomic mass is 9.92. The molecule has 2 aromatic carbocycles. The number of benzene rings is 2. The Balaban J connectivity index is 1.86. The van der Waals surface area contributed by atoms with Gasteiger partial charge in [-0.15, -0.1) is 0 Å². The van der Waals surface area contributed by atoms with E-state index in [2.05, 4.69) is 33.0 Å². The number of hydrogen-bond acceptors (Lipinski definition) is 5. The van der Waals surface area contributed by atoms with Gasteiger partial charge in [-0.05, 0) is 61.3 Å². The number of carbonyl (C=O) groups is 1. The number of aryl methyl sites for hydroxylation is 1. The number of amides is 1. The molecule has 1 amide bonds. The summed E-state index contributed by atoms with van der Waals surface area (Å²) in [6.07, 6.45) is 3.71. The number of anilines is 1. The van der Waals surface area contributed by atoms with Crippen molar-refractivity contribution in [3.05, 3.63) is 46.5 Å². The molecule has 6 nitrogen and oxygen atoms in total. The number of rotatable bonds is 6. The molecule has 0 spiro atoms. The summed E-state index contributed by atoms with van der Waals surface area (Å²) in [5, 5.41) is 10.3. The molecule has 2 aromatic rings. The number of primary amides is 1. The Morgan fingerprint density at radius 2 is 2.03 bits per heavy atom. The van der Waals surface area contributed by atoms with E-state index in [-0.39, 0.29) is 0 Å². The number of likely N-dealkylation sites (N-methyl/N-ethyl adjacent to an activating group) is 2. The van der Waals surface area contributed by atoms with Gasteiger partial charge < -0.3 is 20.6 Å². The average molecular weight is 393 g/mol. The molecule has 0 fully saturated rings. The molecule has 1 atom stereocenters. The van der Waals surface area contributed by atoms with Gasteiger partial charge in [0.2, 0.25) is 0 Å². The molecule has 1 heterocycles. The van der Waals surface area contributed by atoms with Gasteiger partial charge in [0.05, 0.1) is 23.0 Å². The van der Waals surface area contributed by atoms with Crippen molar-refractivity contribution < 1.29 is 9.90 Å². The van der Waals surface area contributed by atoms with E-state index >= 15 is 0 Å². The van der Waals surface area contributed by atoms with E-state index in [0.29, 0.717) is 12.0 Å². The fraction of sp³-hybridized carbons (Fsp3) is 0.391. The third kappa shape index (κ3) is 3.54. The number of aliphatic hydroxyl groups is 1. The van der Waals surface area contributed by atoms with Gasteiger partial charge in [-0.1, -0.05) is 12.1 Å². The van der Waals surface area contributed by atoms with E-state index in [1.54, 1.807) is 0 Å².